The molecule has 0 aliphatic heterocycles. The minimum absolute atomic E-state index is 0.0665. The number of sulfonamides is 1. The van der Waals surface area contributed by atoms with E-state index in [0.717, 1.165) is 18.4 Å². The van der Waals surface area contributed by atoms with Gasteiger partial charge < -0.3 is 5.32 Å². The third-order valence-corrected chi connectivity index (χ3v) is 9.67. The second kappa shape index (κ2) is 13.4. The number of nitrogens with one attached hydrogen (secondary N) is 2. The fourth-order valence-corrected chi connectivity index (χ4v) is 7.53. The summed E-state index contributed by atoms with van der Waals surface area (Å²) in [6.45, 7) is -0.464. The number of hydrogen-bond donors (Lipinski definition) is 2. The molecular weight excluding hydrogens is 728 g/mol. The van der Waals surface area contributed by atoms with Gasteiger partial charge in [-0.25, -0.2) is 31.0 Å². The monoisotopic (exact) mass is 756 g/mol. The second-order valence-electron chi connectivity index (χ2n) is 12.5. The van der Waals surface area contributed by atoms with Crippen LogP contribution in [0.15, 0.2) is 59.4 Å². The Kier molecular flexibility index (Phi) is 9.02. The molecular formula is C34H29ClF4N8O4S. The van der Waals surface area contributed by atoms with E-state index in [2.05, 4.69) is 20.2 Å². The molecule has 3 aromatic carbocycles. The van der Waals surface area contributed by atoms with Gasteiger partial charge in [0.05, 0.1) is 44.8 Å². The van der Waals surface area contributed by atoms with Crippen molar-refractivity contribution < 1.29 is 30.8 Å². The molecule has 0 radical (unpaired) electrons. The number of anilines is 1. The predicted molar refractivity (Wildman–Crippen MR) is 185 cm³/mol. The van der Waals surface area contributed by atoms with Crippen molar-refractivity contribution in [1.29, 1.82) is 0 Å². The molecule has 3 heterocycles. The van der Waals surface area contributed by atoms with Crippen LogP contribution in [0.3, 0.4) is 0 Å². The van der Waals surface area contributed by atoms with Crippen molar-refractivity contribution in [1.82, 2.24) is 34.4 Å². The van der Waals surface area contributed by atoms with Gasteiger partial charge in [0.2, 0.25) is 15.9 Å². The van der Waals surface area contributed by atoms with E-state index in [1.165, 1.54) is 33.1 Å². The summed E-state index contributed by atoms with van der Waals surface area (Å²) in [5.41, 5.74) is 0.657. The SMILES string of the molecule is Cn1nc(NS(C)(=O)=O)c2c(Cl)ccc(-n3c([C@H](Cc4cc(F)cc(F)c4)NC(=O)Cn4nc(C(F)F)c5c4CCC5)nc4ccccc4c3=O)c21. The maximum Gasteiger partial charge on any atom is 0.282 e. The number of nitrogens with zero attached hydrogens (tertiary/aromatic N) is 6. The Bertz CT molecular complexity index is 2570. The van der Waals surface area contributed by atoms with E-state index in [9.17, 15) is 35.6 Å². The van der Waals surface area contributed by atoms with Gasteiger partial charge in [0, 0.05) is 30.8 Å². The highest BCUT2D eigenvalue weighted by Gasteiger charge is 2.30. The first kappa shape index (κ1) is 35.1. The zero-order chi connectivity index (χ0) is 37.1. The molecule has 270 valence electrons. The summed E-state index contributed by atoms with van der Waals surface area (Å²) in [5.74, 6) is -2.63. The lowest BCUT2D eigenvalue weighted by Gasteiger charge is -2.24. The van der Waals surface area contributed by atoms with Gasteiger partial charge in [0.25, 0.3) is 12.0 Å². The summed E-state index contributed by atoms with van der Waals surface area (Å²) in [5, 5.41) is 11.6. The molecule has 12 nitrogen and oxygen atoms in total. The molecule has 0 saturated carbocycles. The summed E-state index contributed by atoms with van der Waals surface area (Å²) < 4.78 is 87.1. The third kappa shape index (κ3) is 6.61. The number of carbonyl (C=O) groups is 1. The summed E-state index contributed by atoms with van der Waals surface area (Å²) in [4.78, 5) is 33.1. The van der Waals surface area contributed by atoms with Crippen LogP contribution in [0.2, 0.25) is 5.02 Å². The number of hydrogen-bond acceptors (Lipinski definition) is 7. The Hall–Kier alpha value is -5.29. The number of para-hydroxylation sites is 1. The van der Waals surface area contributed by atoms with Gasteiger partial charge in [0.15, 0.2) is 5.82 Å². The van der Waals surface area contributed by atoms with Crippen LogP contribution in [0, 0.1) is 11.6 Å². The third-order valence-electron chi connectivity index (χ3n) is 8.79. The van der Waals surface area contributed by atoms with Crippen LogP contribution in [0.4, 0.5) is 23.4 Å². The van der Waals surface area contributed by atoms with Crippen molar-refractivity contribution in [3.63, 3.8) is 0 Å². The number of rotatable bonds is 10. The van der Waals surface area contributed by atoms with Crippen LogP contribution in [-0.2, 0) is 47.7 Å². The van der Waals surface area contributed by atoms with Crippen LogP contribution in [0.1, 0.15) is 47.2 Å². The molecule has 6 aromatic rings. The van der Waals surface area contributed by atoms with Gasteiger partial charge in [-0.15, -0.1) is 0 Å². The van der Waals surface area contributed by atoms with Gasteiger partial charge in [0.1, 0.15) is 29.7 Å². The highest BCUT2D eigenvalue weighted by molar-refractivity contribution is 7.92. The summed E-state index contributed by atoms with van der Waals surface area (Å²) in [6.07, 6.45) is -0.681. The van der Waals surface area contributed by atoms with Crippen LogP contribution in [-0.4, -0.2) is 49.7 Å². The van der Waals surface area contributed by atoms with E-state index in [1.54, 1.807) is 24.3 Å². The molecule has 0 fully saturated rings. The van der Waals surface area contributed by atoms with Crippen molar-refractivity contribution in [3.05, 3.63) is 110 Å². The van der Waals surface area contributed by atoms with E-state index in [-0.39, 0.29) is 61.8 Å². The smallest absolute Gasteiger partial charge is 0.282 e. The minimum Gasteiger partial charge on any atom is -0.344 e. The first-order valence-electron chi connectivity index (χ1n) is 15.9. The van der Waals surface area contributed by atoms with Crippen LogP contribution in [0.5, 0.6) is 0 Å². The number of aromatic nitrogens is 6. The Morgan fingerprint density at radius 1 is 1.04 bits per heavy atom. The molecule has 0 bridgehead atoms. The van der Waals surface area contributed by atoms with Gasteiger partial charge in [-0.1, -0.05) is 23.7 Å². The minimum atomic E-state index is -3.82. The van der Waals surface area contributed by atoms with Crippen LogP contribution < -0.4 is 15.6 Å². The van der Waals surface area contributed by atoms with E-state index >= 15 is 0 Å². The largest absolute Gasteiger partial charge is 0.344 e. The van der Waals surface area contributed by atoms with Crippen LogP contribution in [0.25, 0.3) is 27.5 Å². The fourth-order valence-electron chi connectivity index (χ4n) is 6.80. The van der Waals surface area contributed by atoms with E-state index in [0.29, 0.717) is 36.6 Å². The number of carbonyl (C=O) groups excluding carboxylic acids is 1. The molecule has 7 rings (SSSR count). The predicted octanol–water partition coefficient (Wildman–Crippen LogP) is 5.30. The second-order valence-corrected chi connectivity index (χ2v) is 14.6. The molecule has 52 heavy (non-hydrogen) atoms. The molecule has 1 aliphatic carbocycles. The molecule has 2 N–H and O–H groups in total. The molecule has 0 saturated heterocycles. The van der Waals surface area contributed by atoms with E-state index < -0.39 is 52.1 Å². The van der Waals surface area contributed by atoms with Crippen molar-refractivity contribution in [2.75, 3.05) is 11.0 Å². The zero-order valence-electron chi connectivity index (χ0n) is 27.5. The van der Waals surface area contributed by atoms with Gasteiger partial charge in [-0.2, -0.15) is 10.2 Å². The maximum atomic E-state index is 14.5. The Balaban J connectivity index is 1.42. The molecule has 1 aliphatic rings. The quantitative estimate of drug-likeness (QED) is 0.181. The van der Waals surface area contributed by atoms with Crippen molar-refractivity contribution in [2.24, 2.45) is 7.05 Å². The Labute approximate surface area is 298 Å². The molecule has 3 aromatic heterocycles. The molecule has 1 amide bonds. The lowest BCUT2D eigenvalue weighted by molar-refractivity contribution is -0.122. The summed E-state index contributed by atoms with van der Waals surface area (Å²) in [7, 11) is -2.31. The standard InChI is InChI=1S/C34H29ClF4N8O4S/c1-45-30-26(11-10-22(35)28(30)32(43-45)44-52(2,50)51)47-33(41-23-8-4-3-6-20(23)34(47)49)24(14-17-12-18(36)15-19(37)13-17)40-27(48)16-46-25-9-5-7-21(25)29(42-46)31(38)39/h3-4,6,8,10-13,15,24,31H,5,7,9,14,16H2,1-2H3,(H,40,48)(H,43,44)/t24-/m0/s1. The van der Waals surface area contributed by atoms with Gasteiger partial charge in [-0.05, 0) is 61.2 Å². The fraction of sp³-hybridized carbons (Fsp3) is 0.265. The van der Waals surface area contributed by atoms with Crippen molar-refractivity contribution >= 4 is 55.2 Å². The van der Waals surface area contributed by atoms with Gasteiger partial charge >= 0.3 is 0 Å². The lowest BCUT2D eigenvalue weighted by atomic mass is 10.0. The highest BCUT2D eigenvalue weighted by atomic mass is 35.5. The summed E-state index contributed by atoms with van der Waals surface area (Å²) >= 11 is 6.57. The maximum absolute atomic E-state index is 14.5. The average Bonchev–Trinajstić information content (AvgIpc) is 3.75. The normalized spacial score (nSPS) is 13.6. The number of alkyl halides is 2. The first-order valence-corrected chi connectivity index (χ1v) is 18.2. The van der Waals surface area contributed by atoms with Gasteiger partial charge in [-0.3, -0.25) is 28.2 Å². The Morgan fingerprint density at radius 3 is 2.48 bits per heavy atom. The lowest BCUT2D eigenvalue weighted by Crippen LogP contribution is -2.37. The summed E-state index contributed by atoms with van der Waals surface area (Å²) in [6, 6.07) is 10.9. The first-order chi connectivity index (χ1) is 24.7. The van der Waals surface area contributed by atoms with Crippen molar-refractivity contribution in [2.45, 2.75) is 44.7 Å². The van der Waals surface area contributed by atoms with E-state index in [4.69, 9.17) is 16.6 Å². The molecule has 18 heteroatoms. The number of amides is 1. The number of aryl methyl sites for hydroxylation is 1. The molecule has 0 unspecified atom stereocenters. The van der Waals surface area contributed by atoms with Crippen molar-refractivity contribution in [3.8, 4) is 5.69 Å². The zero-order valence-corrected chi connectivity index (χ0v) is 29.1. The highest BCUT2D eigenvalue weighted by Crippen LogP contribution is 2.36. The Morgan fingerprint density at radius 2 is 1.77 bits per heavy atom. The molecule has 1 atom stereocenters. The number of halogens is 5. The molecule has 0 spiro atoms. The average molecular weight is 757 g/mol. The number of benzene rings is 3. The number of fused-ring (bicyclic) bond motifs is 3. The topological polar surface area (TPSA) is 146 Å². The van der Waals surface area contributed by atoms with Crippen LogP contribution >= 0.6 is 11.6 Å². The van der Waals surface area contributed by atoms with E-state index in [1.807, 2.05) is 0 Å².